The summed E-state index contributed by atoms with van der Waals surface area (Å²) >= 11 is 6.11. The van der Waals surface area contributed by atoms with E-state index >= 15 is 0 Å². The van der Waals surface area contributed by atoms with E-state index in [-0.39, 0.29) is 5.91 Å². The Kier molecular flexibility index (Phi) is 5.68. The lowest BCUT2D eigenvalue weighted by atomic mass is 10.3. The molecule has 2 N–H and O–H groups in total. The predicted octanol–water partition coefficient (Wildman–Crippen LogP) is 3.21. The van der Waals surface area contributed by atoms with Crippen LogP contribution in [0.25, 0.3) is 0 Å². The average Bonchev–Trinajstić information content (AvgIpc) is 3.22. The molecule has 4 nitrogen and oxygen atoms in total. The van der Waals surface area contributed by atoms with Crippen molar-refractivity contribution in [3.05, 3.63) is 23.2 Å². The number of hydrogen-bond donors (Lipinski definition) is 2. The van der Waals surface area contributed by atoms with E-state index in [1.54, 1.807) is 12.1 Å². The zero-order valence-corrected chi connectivity index (χ0v) is 12.5. The number of carbonyl (C=O) groups excluding carboxylic acids is 1. The van der Waals surface area contributed by atoms with Crippen LogP contribution in [0.3, 0.4) is 0 Å². The van der Waals surface area contributed by atoms with Crippen molar-refractivity contribution in [2.45, 2.75) is 38.6 Å². The van der Waals surface area contributed by atoms with Gasteiger partial charge in [0.1, 0.15) is 5.75 Å². The number of nitrogens with one attached hydrogen (secondary N) is 2. The quantitative estimate of drug-likeness (QED) is 0.774. The van der Waals surface area contributed by atoms with Crippen molar-refractivity contribution in [3.8, 4) is 5.75 Å². The molecule has 0 heterocycles. The van der Waals surface area contributed by atoms with Gasteiger partial charge in [-0.05, 0) is 37.5 Å². The molecule has 1 aliphatic rings. The van der Waals surface area contributed by atoms with E-state index in [2.05, 4.69) is 10.6 Å². The molecule has 20 heavy (non-hydrogen) atoms. The summed E-state index contributed by atoms with van der Waals surface area (Å²) in [5, 5.41) is 6.67. The first-order valence-electron chi connectivity index (χ1n) is 7.14. The number of carbonyl (C=O) groups is 1. The molecule has 0 bridgehead atoms. The van der Waals surface area contributed by atoms with Crippen LogP contribution in [0.2, 0.25) is 5.02 Å². The Morgan fingerprint density at radius 2 is 2.25 bits per heavy atom. The minimum Gasteiger partial charge on any atom is -0.492 e. The van der Waals surface area contributed by atoms with Crippen molar-refractivity contribution in [2.24, 2.45) is 0 Å². The number of ether oxygens (including phenoxy) is 1. The van der Waals surface area contributed by atoms with E-state index in [4.69, 9.17) is 16.3 Å². The van der Waals surface area contributed by atoms with Gasteiger partial charge in [0.05, 0.1) is 11.6 Å². The molecule has 0 aliphatic heterocycles. The first-order valence-corrected chi connectivity index (χ1v) is 7.52. The second-order valence-corrected chi connectivity index (χ2v) is 5.43. The molecule has 1 saturated carbocycles. The molecule has 1 aromatic rings. The van der Waals surface area contributed by atoms with Gasteiger partial charge in [-0.25, -0.2) is 0 Å². The molecular formula is C15H21ClN2O2. The van der Waals surface area contributed by atoms with Crippen LogP contribution >= 0.6 is 11.6 Å². The number of rotatable bonds is 8. The minimum atomic E-state index is -0.00329. The van der Waals surface area contributed by atoms with Gasteiger partial charge in [-0.2, -0.15) is 0 Å². The lowest BCUT2D eigenvalue weighted by Gasteiger charge is -2.10. The Morgan fingerprint density at radius 3 is 2.90 bits per heavy atom. The number of halogens is 1. The fourth-order valence-corrected chi connectivity index (χ4v) is 2.04. The van der Waals surface area contributed by atoms with Gasteiger partial charge in [-0.1, -0.05) is 18.5 Å². The van der Waals surface area contributed by atoms with E-state index in [1.165, 1.54) is 12.8 Å². The summed E-state index contributed by atoms with van der Waals surface area (Å²) in [5.41, 5.74) is 0.704. The molecule has 0 radical (unpaired) electrons. The minimum absolute atomic E-state index is 0.00329. The van der Waals surface area contributed by atoms with Crippen LogP contribution in [-0.2, 0) is 4.79 Å². The van der Waals surface area contributed by atoms with Gasteiger partial charge in [-0.3, -0.25) is 4.79 Å². The largest absolute Gasteiger partial charge is 0.492 e. The summed E-state index contributed by atoms with van der Waals surface area (Å²) in [7, 11) is 0. The lowest BCUT2D eigenvalue weighted by Crippen LogP contribution is -2.23. The number of anilines is 1. The Morgan fingerprint density at radius 1 is 1.45 bits per heavy atom. The number of benzene rings is 1. The van der Waals surface area contributed by atoms with Crippen molar-refractivity contribution in [1.82, 2.24) is 5.32 Å². The summed E-state index contributed by atoms with van der Waals surface area (Å²) in [6.07, 6.45) is 3.87. The molecule has 5 heteroatoms. The number of hydrogen-bond acceptors (Lipinski definition) is 3. The Hall–Kier alpha value is -1.26. The highest BCUT2D eigenvalue weighted by Gasteiger charge is 2.20. The van der Waals surface area contributed by atoms with Crippen LogP contribution in [-0.4, -0.2) is 25.1 Å². The average molecular weight is 297 g/mol. The van der Waals surface area contributed by atoms with Crippen LogP contribution in [0.1, 0.15) is 32.6 Å². The second kappa shape index (κ2) is 7.50. The van der Waals surface area contributed by atoms with Crippen molar-refractivity contribution in [3.63, 3.8) is 0 Å². The summed E-state index contributed by atoms with van der Waals surface area (Å²) in [6, 6.07) is 5.95. The monoisotopic (exact) mass is 296 g/mol. The normalized spacial score (nSPS) is 14.1. The van der Waals surface area contributed by atoms with Gasteiger partial charge in [0, 0.05) is 24.7 Å². The maximum absolute atomic E-state index is 11.8. The standard InChI is InChI=1S/C15H21ClN2O2/c1-2-9-20-14-6-5-12(10-13(14)16)18-15(19)7-8-17-11-3-4-11/h5-6,10-11,17H,2-4,7-9H2,1H3,(H,18,19). The Balaban J connectivity index is 1.78. The van der Waals surface area contributed by atoms with E-state index in [0.717, 1.165) is 13.0 Å². The maximum atomic E-state index is 11.8. The third kappa shape index (κ3) is 5.02. The van der Waals surface area contributed by atoms with Crippen LogP contribution in [0.15, 0.2) is 18.2 Å². The van der Waals surface area contributed by atoms with Gasteiger partial charge in [0.25, 0.3) is 0 Å². The van der Waals surface area contributed by atoms with Crippen LogP contribution in [0.5, 0.6) is 5.75 Å². The molecular weight excluding hydrogens is 276 g/mol. The molecule has 1 fully saturated rings. The maximum Gasteiger partial charge on any atom is 0.225 e. The fraction of sp³-hybridized carbons (Fsp3) is 0.533. The van der Waals surface area contributed by atoms with Gasteiger partial charge in [-0.15, -0.1) is 0 Å². The molecule has 0 saturated heterocycles. The first kappa shape index (κ1) is 15.1. The third-order valence-corrected chi connectivity index (χ3v) is 3.34. The van der Waals surface area contributed by atoms with Crippen LogP contribution in [0.4, 0.5) is 5.69 Å². The summed E-state index contributed by atoms with van der Waals surface area (Å²) in [5.74, 6) is 0.651. The van der Waals surface area contributed by atoms with E-state index in [0.29, 0.717) is 35.5 Å². The zero-order chi connectivity index (χ0) is 14.4. The molecule has 0 atom stereocenters. The molecule has 2 rings (SSSR count). The van der Waals surface area contributed by atoms with Crippen molar-refractivity contribution < 1.29 is 9.53 Å². The van der Waals surface area contributed by atoms with Crippen molar-refractivity contribution >= 4 is 23.2 Å². The van der Waals surface area contributed by atoms with E-state index in [9.17, 15) is 4.79 Å². The van der Waals surface area contributed by atoms with Crippen molar-refractivity contribution in [1.29, 1.82) is 0 Å². The molecule has 0 aromatic heterocycles. The highest BCUT2D eigenvalue weighted by Crippen LogP contribution is 2.27. The highest BCUT2D eigenvalue weighted by molar-refractivity contribution is 6.32. The third-order valence-electron chi connectivity index (χ3n) is 3.04. The Bertz CT molecular complexity index is 461. The molecule has 0 spiro atoms. The highest BCUT2D eigenvalue weighted by atomic mass is 35.5. The molecule has 110 valence electrons. The van der Waals surface area contributed by atoms with Gasteiger partial charge >= 0.3 is 0 Å². The number of amides is 1. The topological polar surface area (TPSA) is 50.4 Å². The summed E-state index contributed by atoms with van der Waals surface area (Å²) in [4.78, 5) is 11.8. The summed E-state index contributed by atoms with van der Waals surface area (Å²) < 4.78 is 5.49. The van der Waals surface area contributed by atoms with Gasteiger partial charge < -0.3 is 15.4 Å². The smallest absolute Gasteiger partial charge is 0.225 e. The molecule has 0 unspecified atom stereocenters. The van der Waals surface area contributed by atoms with Crippen molar-refractivity contribution in [2.75, 3.05) is 18.5 Å². The lowest BCUT2D eigenvalue weighted by molar-refractivity contribution is -0.116. The first-order chi connectivity index (χ1) is 9.69. The second-order valence-electron chi connectivity index (χ2n) is 5.02. The Labute approximate surface area is 124 Å². The summed E-state index contributed by atoms with van der Waals surface area (Å²) in [6.45, 7) is 3.40. The van der Waals surface area contributed by atoms with E-state index < -0.39 is 0 Å². The van der Waals surface area contributed by atoms with Crippen LogP contribution < -0.4 is 15.4 Å². The van der Waals surface area contributed by atoms with Gasteiger partial charge in [0.15, 0.2) is 0 Å². The van der Waals surface area contributed by atoms with Crippen LogP contribution in [0, 0.1) is 0 Å². The van der Waals surface area contributed by atoms with E-state index in [1.807, 2.05) is 13.0 Å². The predicted molar refractivity (Wildman–Crippen MR) is 81.5 cm³/mol. The fourth-order valence-electron chi connectivity index (χ4n) is 1.81. The molecule has 1 aliphatic carbocycles. The zero-order valence-electron chi connectivity index (χ0n) is 11.7. The van der Waals surface area contributed by atoms with Gasteiger partial charge in [0.2, 0.25) is 5.91 Å². The molecule has 1 aromatic carbocycles. The SMILES string of the molecule is CCCOc1ccc(NC(=O)CCNC2CC2)cc1Cl. The molecule has 1 amide bonds.